The molecule has 0 aliphatic rings. The molecular formula is C18H17ClN4O4S. The number of rotatable bonds is 5. The summed E-state index contributed by atoms with van der Waals surface area (Å²) in [5.41, 5.74) is 1.55. The Morgan fingerprint density at radius 2 is 1.93 bits per heavy atom. The number of anilines is 1. The van der Waals surface area contributed by atoms with Crippen LogP contribution in [-0.4, -0.2) is 37.2 Å². The molecule has 1 heterocycles. The standard InChI is InChI=1S/C18H17ClN4O4S/c1-11-13(19)7-5-9-15(11)23(28(2,26)27)10-16(24)21-22-17-12-6-3-4-8-14(12)20-18(17)25/h3-9,20,25H,10H2,1-2H3. The van der Waals surface area contributed by atoms with Gasteiger partial charge in [0.25, 0.3) is 5.91 Å². The van der Waals surface area contributed by atoms with Gasteiger partial charge in [0, 0.05) is 10.4 Å². The van der Waals surface area contributed by atoms with Gasteiger partial charge in [-0.15, -0.1) is 10.2 Å². The maximum absolute atomic E-state index is 12.3. The van der Waals surface area contributed by atoms with Crippen LogP contribution in [0.25, 0.3) is 10.9 Å². The zero-order valence-corrected chi connectivity index (χ0v) is 16.6. The molecule has 0 aliphatic carbocycles. The van der Waals surface area contributed by atoms with Crippen molar-refractivity contribution >= 4 is 49.8 Å². The first kappa shape index (κ1) is 19.8. The molecule has 0 unspecified atom stereocenters. The highest BCUT2D eigenvalue weighted by atomic mass is 35.5. The number of carbonyl (C=O) groups is 1. The summed E-state index contributed by atoms with van der Waals surface area (Å²) in [6.45, 7) is 1.11. The van der Waals surface area contributed by atoms with Crippen LogP contribution in [0.4, 0.5) is 11.4 Å². The van der Waals surface area contributed by atoms with E-state index in [-0.39, 0.29) is 17.3 Å². The Balaban J connectivity index is 1.90. The van der Waals surface area contributed by atoms with E-state index in [9.17, 15) is 18.3 Å². The first-order valence-electron chi connectivity index (χ1n) is 8.15. The smallest absolute Gasteiger partial charge is 0.285 e. The lowest BCUT2D eigenvalue weighted by atomic mass is 10.2. The minimum absolute atomic E-state index is 0.105. The van der Waals surface area contributed by atoms with Gasteiger partial charge in [-0.05, 0) is 30.7 Å². The second-order valence-corrected chi connectivity index (χ2v) is 8.43. The zero-order chi connectivity index (χ0) is 20.5. The van der Waals surface area contributed by atoms with Crippen molar-refractivity contribution < 1.29 is 18.3 Å². The van der Waals surface area contributed by atoms with Crippen LogP contribution in [0.3, 0.4) is 0 Å². The number of nitrogens with zero attached hydrogens (tertiary/aromatic N) is 3. The summed E-state index contributed by atoms with van der Waals surface area (Å²) in [5.74, 6) is -1.03. The van der Waals surface area contributed by atoms with E-state index in [1.54, 1.807) is 49.4 Å². The van der Waals surface area contributed by atoms with Crippen LogP contribution < -0.4 is 4.31 Å². The Kier molecular flexibility index (Phi) is 5.39. The number of nitrogens with one attached hydrogen (secondary N) is 1. The van der Waals surface area contributed by atoms with Crippen LogP contribution in [0.2, 0.25) is 5.02 Å². The molecule has 2 N–H and O–H groups in total. The summed E-state index contributed by atoms with van der Waals surface area (Å²) in [4.78, 5) is 15.0. The Labute approximate surface area is 166 Å². The molecule has 28 heavy (non-hydrogen) atoms. The Bertz CT molecular complexity index is 1190. The lowest BCUT2D eigenvalue weighted by Crippen LogP contribution is -2.34. The van der Waals surface area contributed by atoms with Crippen LogP contribution in [-0.2, 0) is 14.8 Å². The number of benzene rings is 2. The van der Waals surface area contributed by atoms with Gasteiger partial charge in [-0.2, -0.15) is 0 Å². The van der Waals surface area contributed by atoms with Crippen LogP contribution in [0.1, 0.15) is 5.56 Å². The number of aromatic hydroxyl groups is 1. The van der Waals surface area contributed by atoms with Gasteiger partial charge in [0.2, 0.25) is 15.9 Å². The van der Waals surface area contributed by atoms with Crippen molar-refractivity contribution in [3.8, 4) is 5.88 Å². The summed E-state index contributed by atoms with van der Waals surface area (Å²) in [5, 5.41) is 18.3. The molecule has 0 fully saturated rings. The van der Waals surface area contributed by atoms with E-state index in [0.717, 1.165) is 10.6 Å². The quantitative estimate of drug-likeness (QED) is 0.608. The highest BCUT2D eigenvalue weighted by molar-refractivity contribution is 7.92. The number of H-pyrrole nitrogens is 1. The molecule has 146 valence electrons. The van der Waals surface area contributed by atoms with Gasteiger partial charge in [0.05, 0.1) is 17.5 Å². The number of carbonyl (C=O) groups excluding carboxylic acids is 1. The Morgan fingerprint density at radius 1 is 1.21 bits per heavy atom. The molecule has 0 radical (unpaired) electrons. The first-order valence-corrected chi connectivity index (χ1v) is 10.4. The topological polar surface area (TPSA) is 115 Å². The third kappa shape index (κ3) is 4.00. The van der Waals surface area contributed by atoms with E-state index in [2.05, 4.69) is 15.2 Å². The van der Waals surface area contributed by atoms with Gasteiger partial charge in [0.15, 0.2) is 5.69 Å². The number of aromatic amines is 1. The molecule has 0 aliphatic heterocycles. The molecule has 3 rings (SSSR count). The van der Waals surface area contributed by atoms with E-state index >= 15 is 0 Å². The Morgan fingerprint density at radius 3 is 2.64 bits per heavy atom. The minimum Gasteiger partial charge on any atom is -0.493 e. The van der Waals surface area contributed by atoms with Gasteiger partial charge < -0.3 is 10.1 Å². The van der Waals surface area contributed by atoms with E-state index in [0.29, 0.717) is 21.5 Å². The predicted molar refractivity (Wildman–Crippen MR) is 108 cm³/mol. The molecule has 10 heteroatoms. The second-order valence-electron chi connectivity index (χ2n) is 6.12. The third-order valence-electron chi connectivity index (χ3n) is 4.11. The fourth-order valence-corrected chi connectivity index (χ4v) is 3.79. The van der Waals surface area contributed by atoms with Crippen molar-refractivity contribution in [2.24, 2.45) is 10.2 Å². The van der Waals surface area contributed by atoms with E-state index in [1.807, 2.05) is 0 Å². The number of azo groups is 1. The van der Waals surface area contributed by atoms with Crippen LogP contribution in [0.15, 0.2) is 52.7 Å². The largest absolute Gasteiger partial charge is 0.493 e. The fraction of sp³-hybridized carbons (Fsp3) is 0.167. The maximum Gasteiger partial charge on any atom is 0.285 e. The summed E-state index contributed by atoms with van der Waals surface area (Å²) >= 11 is 6.07. The molecular weight excluding hydrogens is 404 g/mol. The van der Waals surface area contributed by atoms with Gasteiger partial charge in [-0.1, -0.05) is 35.9 Å². The predicted octanol–water partition coefficient (Wildman–Crippen LogP) is 3.91. The van der Waals surface area contributed by atoms with Crippen molar-refractivity contribution in [1.82, 2.24) is 4.98 Å². The Hall–Kier alpha value is -2.91. The summed E-state index contributed by atoms with van der Waals surface area (Å²) < 4.78 is 25.3. The van der Waals surface area contributed by atoms with Gasteiger partial charge in [0.1, 0.15) is 6.54 Å². The van der Waals surface area contributed by atoms with Crippen molar-refractivity contribution in [2.75, 3.05) is 17.1 Å². The average molecular weight is 421 g/mol. The number of amides is 1. The summed E-state index contributed by atoms with van der Waals surface area (Å²) in [7, 11) is -3.77. The molecule has 3 aromatic rings. The number of sulfonamides is 1. The van der Waals surface area contributed by atoms with Gasteiger partial charge >= 0.3 is 0 Å². The molecule has 8 nitrogen and oxygen atoms in total. The van der Waals surface area contributed by atoms with Crippen molar-refractivity contribution in [3.05, 3.63) is 53.1 Å². The van der Waals surface area contributed by atoms with Crippen molar-refractivity contribution in [1.29, 1.82) is 0 Å². The lowest BCUT2D eigenvalue weighted by Gasteiger charge is -2.22. The number of halogens is 1. The van der Waals surface area contributed by atoms with Crippen LogP contribution in [0, 0.1) is 6.92 Å². The molecule has 1 amide bonds. The van der Waals surface area contributed by atoms with Crippen LogP contribution in [0.5, 0.6) is 5.88 Å². The maximum atomic E-state index is 12.3. The second kappa shape index (κ2) is 7.61. The highest BCUT2D eigenvalue weighted by Crippen LogP contribution is 2.35. The number of aromatic nitrogens is 1. The van der Waals surface area contributed by atoms with E-state index in [1.165, 1.54) is 0 Å². The zero-order valence-electron chi connectivity index (χ0n) is 15.0. The molecule has 0 atom stereocenters. The molecule has 0 bridgehead atoms. The molecule has 0 saturated carbocycles. The number of hydrogen-bond acceptors (Lipinski definition) is 5. The summed E-state index contributed by atoms with van der Waals surface area (Å²) in [6, 6.07) is 11.8. The van der Waals surface area contributed by atoms with Gasteiger partial charge in [-0.25, -0.2) is 8.42 Å². The van der Waals surface area contributed by atoms with E-state index < -0.39 is 22.5 Å². The molecule has 0 spiro atoms. The lowest BCUT2D eigenvalue weighted by molar-refractivity contribution is -0.116. The molecule has 2 aromatic carbocycles. The monoisotopic (exact) mass is 420 g/mol. The molecule has 1 aromatic heterocycles. The SMILES string of the molecule is Cc1c(Cl)cccc1N(CC(=O)N=Nc1c(O)[nH]c2ccccc12)S(C)(=O)=O. The normalized spacial score (nSPS) is 12.0. The minimum atomic E-state index is -3.77. The van der Waals surface area contributed by atoms with E-state index in [4.69, 9.17) is 11.6 Å². The number of hydrogen-bond donors (Lipinski definition) is 2. The first-order chi connectivity index (χ1) is 13.2. The highest BCUT2D eigenvalue weighted by Gasteiger charge is 2.23. The number of fused-ring (bicyclic) bond motifs is 1. The van der Waals surface area contributed by atoms with Crippen LogP contribution >= 0.6 is 11.6 Å². The number of para-hydroxylation sites is 1. The average Bonchev–Trinajstić information content (AvgIpc) is 2.95. The van der Waals surface area contributed by atoms with Gasteiger partial charge in [-0.3, -0.25) is 9.10 Å². The van der Waals surface area contributed by atoms with Crippen molar-refractivity contribution in [3.63, 3.8) is 0 Å². The van der Waals surface area contributed by atoms with Crippen molar-refractivity contribution in [2.45, 2.75) is 6.92 Å². The third-order valence-corrected chi connectivity index (χ3v) is 5.64. The fourth-order valence-electron chi connectivity index (χ4n) is 2.72. The summed E-state index contributed by atoms with van der Waals surface area (Å²) in [6.07, 6.45) is 0.989. The molecule has 0 saturated heterocycles.